The molecule has 1 saturated heterocycles. The Morgan fingerprint density at radius 2 is 1.90 bits per heavy atom. The van der Waals surface area contributed by atoms with E-state index in [4.69, 9.17) is 18.3 Å². The number of nitrogens with one attached hydrogen (secondary N) is 2. The fourth-order valence-electron chi connectivity index (χ4n) is 4.63. The lowest BCUT2D eigenvalue weighted by Gasteiger charge is -2.33. The number of amides is 2. The van der Waals surface area contributed by atoms with Crippen molar-refractivity contribution < 1.29 is 14.3 Å². The number of nitrogens with two attached hydrogens (primary N) is 1. The molecule has 9 heteroatoms. The molecule has 0 saturated carbocycles. The number of anilines is 3. The van der Waals surface area contributed by atoms with Gasteiger partial charge in [0.25, 0.3) is 0 Å². The summed E-state index contributed by atoms with van der Waals surface area (Å²) in [5, 5.41) is 5.85. The van der Waals surface area contributed by atoms with Crippen LogP contribution in [-0.4, -0.2) is 81.9 Å². The van der Waals surface area contributed by atoms with E-state index in [0.717, 1.165) is 45.0 Å². The Labute approximate surface area is 232 Å². The number of benzene rings is 2. The van der Waals surface area contributed by atoms with Crippen molar-refractivity contribution in [2.24, 2.45) is 5.92 Å². The van der Waals surface area contributed by atoms with E-state index in [9.17, 15) is 9.59 Å². The van der Waals surface area contributed by atoms with Crippen LogP contribution in [-0.2, 0) is 14.3 Å². The van der Waals surface area contributed by atoms with Crippen LogP contribution in [0.4, 0.5) is 17.1 Å². The van der Waals surface area contributed by atoms with E-state index in [1.165, 1.54) is 6.08 Å². The van der Waals surface area contributed by atoms with E-state index in [1.807, 2.05) is 37.4 Å². The van der Waals surface area contributed by atoms with Gasteiger partial charge in [0.05, 0.1) is 24.6 Å². The van der Waals surface area contributed by atoms with E-state index >= 15 is 0 Å². The van der Waals surface area contributed by atoms with Gasteiger partial charge in [0, 0.05) is 31.9 Å². The molecule has 4 rings (SSSR count). The molecule has 1 heterocycles. The van der Waals surface area contributed by atoms with Crippen molar-refractivity contribution in [3.05, 3.63) is 84.5 Å². The molecule has 2 aromatic rings. The van der Waals surface area contributed by atoms with Crippen LogP contribution < -0.4 is 21.8 Å². The summed E-state index contributed by atoms with van der Waals surface area (Å²) < 4.78 is 5.46. The number of carbonyl (C=O) groups excluding carboxylic acids is 2. The fourth-order valence-corrected chi connectivity index (χ4v) is 4.63. The summed E-state index contributed by atoms with van der Waals surface area (Å²) >= 11 is 0. The van der Waals surface area contributed by atoms with Gasteiger partial charge in [-0.15, -0.1) is 0 Å². The molecule has 8 nitrogen and oxygen atoms in total. The molecule has 2 amide bonds. The Morgan fingerprint density at radius 3 is 2.59 bits per heavy atom. The highest BCUT2D eigenvalue weighted by Crippen LogP contribution is 2.24. The fraction of sp³-hybridized carbons (Fsp3) is 0.333. The monoisotopic (exact) mass is 525 g/mol. The van der Waals surface area contributed by atoms with Gasteiger partial charge in [-0.25, -0.2) is 0 Å². The van der Waals surface area contributed by atoms with Gasteiger partial charge in [-0.05, 0) is 55.3 Å². The van der Waals surface area contributed by atoms with Crippen LogP contribution in [0.1, 0.15) is 6.42 Å². The number of ether oxygens (including phenoxy) is 1. The normalized spacial score (nSPS) is 18.6. The molecule has 39 heavy (non-hydrogen) atoms. The second-order valence-corrected chi connectivity index (χ2v) is 9.85. The molecule has 0 aromatic heterocycles. The third-order valence-electron chi connectivity index (χ3n) is 6.93. The molecule has 0 bridgehead atoms. The van der Waals surface area contributed by atoms with Gasteiger partial charge in [0.15, 0.2) is 0 Å². The number of carbonyl (C=O) groups is 2. The van der Waals surface area contributed by atoms with Crippen molar-refractivity contribution in [2.45, 2.75) is 12.5 Å². The highest BCUT2D eigenvalue weighted by atomic mass is 16.5. The zero-order valence-corrected chi connectivity index (χ0v) is 22.4. The lowest BCUT2D eigenvalue weighted by molar-refractivity contribution is -0.119. The van der Waals surface area contributed by atoms with Crippen LogP contribution in [0.25, 0.3) is 0 Å². The van der Waals surface area contributed by atoms with E-state index in [-0.39, 0.29) is 17.7 Å². The van der Waals surface area contributed by atoms with Crippen molar-refractivity contribution in [1.82, 2.24) is 9.80 Å². The summed E-state index contributed by atoms with van der Waals surface area (Å²) in [5.74, 6) is -0.291. The number of likely N-dealkylation sites (N-methyl/N-ethyl adjacent to an activating group) is 1. The molecule has 4 N–H and O–H groups in total. The highest BCUT2D eigenvalue weighted by Gasteiger charge is 2.28. The van der Waals surface area contributed by atoms with Crippen LogP contribution in [0, 0.1) is 5.92 Å². The number of rotatable bonds is 10. The highest BCUT2D eigenvalue weighted by molar-refractivity contribution is 6.32. The maximum Gasteiger partial charge on any atom is 0.248 e. The predicted octanol–water partition coefficient (Wildman–Crippen LogP) is 2.33. The Balaban J connectivity index is 1.40. The summed E-state index contributed by atoms with van der Waals surface area (Å²) in [6.07, 6.45) is 10.2. The molecular weight excluding hydrogens is 489 g/mol. The summed E-state index contributed by atoms with van der Waals surface area (Å²) in [5.41, 5.74) is 9.29. The molecule has 1 aliphatic carbocycles. The molecule has 2 atom stereocenters. The Bertz CT molecular complexity index is 1220. The van der Waals surface area contributed by atoms with Crippen LogP contribution in [0.5, 0.6) is 0 Å². The predicted molar refractivity (Wildman–Crippen MR) is 158 cm³/mol. The van der Waals surface area contributed by atoms with Gasteiger partial charge in [0.2, 0.25) is 11.8 Å². The zero-order valence-electron chi connectivity index (χ0n) is 22.4. The van der Waals surface area contributed by atoms with Crippen molar-refractivity contribution in [2.75, 3.05) is 62.8 Å². The minimum absolute atomic E-state index is 0.0482. The molecule has 1 fully saturated rings. The van der Waals surface area contributed by atoms with Crippen LogP contribution >= 0.6 is 0 Å². The second-order valence-electron chi connectivity index (χ2n) is 9.85. The number of hydrogen-bond donors (Lipinski definition) is 3. The third kappa shape index (κ3) is 8.41. The van der Waals surface area contributed by atoms with Gasteiger partial charge < -0.3 is 21.1 Å². The minimum Gasteiger partial charge on any atom is -0.397 e. The smallest absolute Gasteiger partial charge is 0.248 e. The molecular formula is C30H36BN5O3. The first-order chi connectivity index (χ1) is 18.9. The average Bonchev–Trinajstić information content (AvgIpc) is 2.95. The van der Waals surface area contributed by atoms with Gasteiger partial charge in [-0.2, -0.15) is 0 Å². The average molecular weight is 525 g/mol. The standard InChI is InChI=1S/C30H36BN5O3/c1-35(16-17-36-18-20-39-21-19-36)29(30(38)33-25-13-11-24(31)12-14-25)23-9-6-22(7-10-23)8-15-28(37)34-27-5-3-2-4-26(27)32/h2-6,8-15,22,29H,7,16-21,32H2,1H3,(H,33,38)(H,34,37)/b15-8+. The van der Waals surface area contributed by atoms with Crippen molar-refractivity contribution in [3.8, 4) is 0 Å². The maximum atomic E-state index is 13.5. The van der Waals surface area contributed by atoms with Gasteiger partial charge in [0.1, 0.15) is 13.9 Å². The minimum atomic E-state index is -0.464. The van der Waals surface area contributed by atoms with Crippen molar-refractivity contribution in [3.63, 3.8) is 0 Å². The molecule has 2 unspecified atom stereocenters. The third-order valence-corrected chi connectivity index (χ3v) is 6.93. The van der Waals surface area contributed by atoms with Gasteiger partial charge >= 0.3 is 0 Å². The van der Waals surface area contributed by atoms with Crippen LogP contribution in [0.15, 0.2) is 84.5 Å². The largest absolute Gasteiger partial charge is 0.397 e. The quantitative estimate of drug-likeness (QED) is 0.250. The molecule has 2 aliphatic rings. The number of nitrogen functional groups attached to an aromatic ring is 1. The molecule has 2 aromatic carbocycles. The Kier molecular flexibility index (Phi) is 10.1. The van der Waals surface area contributed by atoms with E-state index in [1.54, 1.807) is 36.4 Å². The summed E-state index contributed by atoms with van der Waals surface area (Å²) in [4.78, 5) is 30.3. The lowest BCUT2D eigenvalue weighted by atomic mass is 9.91. The summed E-state index contributed by atoms with van der Waals surface area (Å²) in [6.45, 7) is 4.87. The number of hydrogen-bond acceptors (Lipinski definition) is 6. The SMILES string of the molecule is [B]c1ccc(NC(=O)C(C2=CCC(/C=C/C(=O)Nc3ccccc3N)C=C2)N(C)CCN2CCOCC2)cc1. The van der Waals surface area contributed by atoms with Crippen LogP contribution in [0.2, 0.25) is 0 Å². The first-order valence-electron chi connectivity index (χ1n) is 13.3. The van der Waals surface area contributed by atoms with E-state index in [0.29, 0.717) is 28.9 Å². The number of para-hydroxylation sites is 2. The zero-order chi connectivity index (χ0) is 27.6. The Hall–Kier alpha value is -3.66. The lowest BCUT2D eigenvalue weighted by Crippen LogP contribution is -2.47. The molecule has 2 radical (unpaired) electrons. The van der Waals surface area contributed by atoms with Gasteiger partial charge in [-0.3, -0.25) is 19.4 Å². The van der Waals surface area contributed by atoms with E-state index < -0.39 is 6.04 Å². The number of nitrogens with zero attached hydrogens (tertiary/aromatic N) is 2. The topological polar surface area (TPSA) is 99.9 Å². The molecule has 202 valence electrons. The first-order valence-corrected chi connectivity index (χ1v) is 13.3. The van der Waals surface area contributed by atoms with E-state index in [2.05, 4.69) is 26.5 Å². The first kappa shape index (κ1) is 28.4. The van der Waals surface area contributed by atoms with Crippen molar-refractivity contribution in [1.29, 1.82) is 0 Å². The van der Waals surface area contributed by atoms with Gasteiger partial charge in [-0.1, -0.05) is 54.0 Å². The number of allylic oxidation sites excluding steroid dienone is 3. The molecule has 0 spiro atoms. The van der Waals surface area contributed by atoms with Crippen LogP contribution in [0.3, 0.4) is 0 Å². The summed E-state index contributed by atoms with van der Waals surface area (Å²) in [7, 11) is 7.79. The maximum absolute atomic E-state index is 13.5. The molecule has 1 aliphatic heterocycles. The van der Waals surface area contributed by atoms with Crippen molar-refractivity contribution >= 4 is 42.2 Å². The second kappa shape index (κ2) is 13.9. The number of morpholine rings is 1. The Morgan fingerprint density at radius 1 is 1.15 bits per heavy atom. The summed E-state index contributed by atoms with van der Waals surface area (Å²) in [6, 6.07) is 13.8.